The molecule has 26 heavy (non-hydrogen) atoms. The van der Waals surface area contributed by atoms with Gasteiger partial charge in [0, 0.05) is 5.88 Å². The molecule has 3 aliphatic rings. The molecule has 152 valence electrons. The van der Waals surface area contributed by atoms with E-state index >= 15 is 0 Å². The minimum absolute atomic E-state index is 0.876. The topological polar surface area (TPSA) is 0 Å². The van der Waals surface area contributed by atoms with Gasteiger partial charge in [-0.15, -0.1) is 11.6 Å². The van der Waals surface area contributed by atoms with Gasteiger partial charge in [0.1, 0.15) is 0 Å². The van der Waals surface area contributed by atoms with E-state index in [1.54, 1.807) is 51.4 Å². The molecule has 0 unspecified atom stereocenters. The molecule has 0 amide bonds. The molecule has 0 atom stereocenters. The third kappa shape index (κ3) is 6.15. The van der Waals surface area contributed by atoms with Gasteiger partial charge in [-0.3, -0.25) is 0 Å². The lowest BCUT2D eigenvalue weighted by Gasteiger charge is -2.41. The van der Waals surface area contributed by atoms with Crippen molar-refractivity contribution in [2.24, 2.45) is 35.5 Å². The maximum atomic E-state index is 5.95. The van der Waals surface area contributed by atoms with Crippen LogP contribution < -0.4 is 0 Å². The molecule has 0 aromatic rings. The summed E-state index contributed by atoms with van der Waals surface area (Å²) in [6.45, 7) is 2.33. The number of rotatable bonds is 8. The SMILES string of the molecule is CCCCCC1CCC(C2CCC(C3CCC(CCCl)CC3)CC2)CC1. The van der Waals surface area contributed by atoms with Crippen LogP contribution in [0.2, 0.25) is 0 Å². The number of hydrogen-bond donors (Lipinski definition) is 0. The zero-order valence-corrected chi connectivity index (χ0v) is 18.3. The molecule has 0 spiro atoms. The van der Waals surface area contributed by atoms with Crippen molar-refractivity contribution in [1.82, 2.24) is 0 Å². The van der Waals surface area contributed by atoms with E-state index < -0.39 is 0 Å². The van der Waals surface area contributed by atoms with E-state index in [-0.39, 0.29) is 0 Å². The Balaban J connectivity index is 1.32. The van der Waals surface area contributed by atoms with Gasteiger partial charge in [0.15, 0.2) is 0 Å². The van der Waals surface area contributed by atoms with Gasteiger partial charge in [0.05, 0.1) is 0 Å². The van der Waals surface area contributed by atoms with E-state index in [1.807, 2.05) is 0 Å². The first kappa shape index (κ1) is 21.0. The molecule has 0 N–H and O–H groups in total. The lowest BCUT2D eigenvalue weighted by atomic mass is 9.64. The van der Waals surface area contributed by atoms with Crippen LogP contribution >= 0.6 is 11.6 Å². The number of alkyl halides is 1. The zero-order valence-electron chi connectivity index (χ0n) is 17.6. The zero-order chi connectivity index (χ0) is 18.2. The highest BCUT2D eigenvalue weighted by atomic mass is 35.5. The van der Waals surface area contributed by atoms with Gasteiger partial charge in [-0.25, -0.2) is 0 Å². The lowest BCUT2D eigenvalue weighted by molar-refractivity contribution is 0.103. The predicted molar refractivity (Wildman–Crippen MR) is 116 cm³/mol. The number of unbranched alkanes of at least 4 members (excludes halogenated alkanes) is 2. The minimum Gasteiger partial charge on any atom is -0.127 e. The molecule has 0 heterocycles. The summed E-state index contributed by atoms with van der Waals surface area (Å²) in [6.07, 6.45) is 25.6. The predicted octanol–water partition coefficient (Wildman–Crippen LogP) is 8.61. The highest BCUT2D eigenvalue weighted by Gasteiger charge is 2.34. The van der Waals surface area contributed by atoms with Gasteiger partial charge in [-0.05, 0) is 93.3 Å². The Bertz CT molecular complexity index is 354. The average molecular weight is 381 g/mol. The molecule has 0 aliphatic heterocycles. The molecule has 0 nitrogen and oxygen atoms in total. The Morgan fingerprint density at radius 3 is 1.31 bits per heavy atom. The van der Waals surface area contributed by atoms with Crippen LogP contribution in [0.4, 0.5) is 0 Å². The van der Waals surface area contributed by atoms with Crippen LogP contribution in [0.15, 0.2) is 0 Å². The fourth-order valence-electron chi connectivity index (χ4n) is 6.82. The van der Waals surface area contributed by atoms with Crippen LogP contribution in [0.25, 0.3) is 0 Å². The van der Waals surface area contributed by atoms with Gasteiger partial charge in [-0.2, -0.15) is 0 Å². The maximum absolute atomic E-state index is 5.95. The van der Waals surface area contributed by atoms with Crippen molar-refractivity contribution < 1.29 is 0 Å². The van der Waals surface area contributed by atoms with Gasteiger partial charge in [0.25, 0.3) is 0 Å². The van der Waals surface area contributed by atoms with Gasteiger partial charge in [-0.1, -0.05) is 58.3 Å². The van der Waals surface area contributed by atoms with Crippen LogP contribution in [-0.4, -0.2) is 5.88 Å². The van der Waals surface area contributed by atoms with E-state index in [0.717, 1.165) is 41.4 Å². The standard InChI is InChI=1S/C25H45Cl/c1-2-3-4-5-20-6-10-22(11-7-20)24-14-16-25(17-15-24)23-12-8-21(9-13-23)18-19-26/h20-25H,2-19H2,1H3. The second kappa shape index (κ2) is 11.3. The van der Waals surface area contributed by atoms with Gasteiger partial charge < -0.3 is 0 Å². The van der Waals surface area contributed by atoms with Crippen LogP contribution in [0.5, 0.6) is 0 Å². The molecular weight excluding hydrogens is 336 g/mol. The van der Waals surface area contributed by atoms with Crippen molar-refractivity contribution in [3.8, 4) is 0 Å². The molecular formula is C25H45Cl. The van der Waals surface area contributed by atoms with E-state index in [2.05, 4.69) is 6.92 Å². The highest BCUT2D eigenvalue weighted by molar-refractivity contribution is 6.17. The molecule has 0 aromatic carbocycles. The van der Waals surface area contributed by atoms with E-state index in [9.17, 15) is 0 Å². The van der Waals surface area contributed by atoms with Crippen molar-refractivity contribution in [3.63, 3.8) is 0 Å². The van der Waals surface area contributed by atoms with Crippen LogP contribution in [0, 0.1) is 35.5 Å². The summed E-state index contributed by atoms with van der Waals surface area (Å²) in [5.41, 5.74) is 0. The second-order valence-electron chi connectivity index (χ2n) is 10.2. The summed E-state index contributed by atoms with van der Waals surface area (Å²) in [6, 6.07) is 0. The summed E-state index contributed by atoms with van der Waals surface area (Å²) in [7, 11) is 0. The van der Waals surface area contributed by atoms with Crippen molar-refractivity contribution in [3.05, 3.63) is 0 Å². The quantitative estimate of drug-likeness (QED) is 0.292. The summed E-state index contributed by atoms with van der Waals surface area (Å²) in [5, 5.41) is 0. The second-order valence-corrected chi connectivity index (χ2v) is 10.6. The normalized spacial score (nSPS) is 39.0. The fraction of sp³-hybridized carbons (Fsp3) is 1.00. The Morgan fingerprint density at radius 1 is 0.538 bits per heavy atom. The van der Waals surface area contributed by atoms with Gasteiger partial charge >= 0.3 is 0 Å². The van der Waals surface area contributed by atoms with Crippen LogP contribution in [0.1, 0.15) is 116 Å². The van der Waals surface area contributed by atoms with Gasteiger partial charge in [0.2, 0.25) is 0 Å². The third-order valence-electron chi connectivity index (χ3n) is 8.67. The molecule has 3 fully saturated rings. The molecule has 3 saturated carbocycles. The Hall–Kier alpha value is 0.290. The first-order valence-corrected chi connectivity index (χ1v) is 12.9. The minimum atomic E-state index is 0.876. The van der Waals surface area contributed by atoms with E-state index in [0.29, 0.717) is 0 Å². The molecule has 0 saturated heterocycles. The monoisotopic (exact) mass is 380 g/mol. The summed E-state index contributed by atoms with van der Waals surface area (Å²) in [4.78, 5) is 0. The fourth-order valence-corrected chi connectivity index (χ4v) is 7.13. The highest BCUT2D eigenvalue weighted by Crippen LogP contribution is 2.46. The van der Waals surface area contributed by atoms with E-state index in [1.165, 1.54) is 57.8 Å². The molecule has 0 radical (unpaired) electrons. The summed E-state index contributed by atoms with van der Waals surface area (Å²) in [5.74, 6) is 7.24. The molecule has 0 aromatic heterocycles. The number of hydrogen-bond acceptors (Lipinski definition) is 0. The smallest absolute Gasteiger partial charge is 0.0226 e. The van der Waals surface area contributed by atoms with Crippen LogP contribution in [0.3, 0.4) is 0 Å². The Labute approximate surface area is 169 Å². The number of halogens is 1. The lowest BCUT2D eigenvalue weighted by Crippen LogP contribution is -2.29. The first-order chi connectivity index (χ1) is 12.8. The molecule has 3 rings (SSSR count). The average Bonchev–Trinajstić information content (AvgIpc) is 2.70. The summed E-state index contributed by atoms with van der Waals surface area (Å²) < 4.78 is 0. The van der Waals surface area contributed by atoms with Crippen LogP contribution in [-0.2, 0) is 0 Å². The molecule has 0 bridgehead atoms. The summed E-state index contributed by atoms with van der Waals surface area (Å²) >= 11 is 5.95. The van der Waals surface area contributed by atoms with Crippen molar-refractivity contribution >= 4 is 11.6 Å². The molecule has 1 heteroatoms. The first-order valence-electron chi connectivity index (χ1n) is 12.4. The van der Waals surface area contributed by atoms with Crippen molar-refractivity contribution in [1.29, 1.82) is 0 Å². The Kier molecular flexibility index (Phi) is 9.16. The molecule has 3 aliphatic carbocycles. The largest absolute Gasteiger partial charge is 0.127 e. The van der Waals surface area contributed by atoms with Crippen molar-refractivity contribution in [2.45, 2.75) is 116 Å². The maximum Gasteiger partial charge on any atom is 0.0226 e. The third-order valence-corrected chi connectivity index (χ3v) is 8.88. The van der Waals surface area contributed by atoms with E-state index in [4.69, 9.17) is 11.6 Å². The van der Waals surface area contributed by atoms with Crippen molar-refractivity contribution in [2.75, 3.05) is 5.88 Å². The Morgan fingerprint density at radius 2 is 0.923 bits per heavy atom.